The van der Waals surface area contributed by atoms with Crippen molar-refractivity contribution in [1.29, 1.82) is 0 Å². The molecule has 1 aliphatic rings. The topological polar surface area (TPSA) is 49.8 Å². The average molecular weight is 263 g/mol. The first-order valence-electron chi connectivity index (χ1n) is 6.83. The summed E-state index contributed by atoms with van der Waals surface area (Å²) in [7, 11) is 0. The lowest BCUT2D eigenvalue weighted by Crippen LogP contribution is -2.23. The molecule has 2 unspecified atom stereocenters. The molecule has 1 N–H and O–H groups in total. The first-order chi connectivity index (χ1) is 9.15. The predicted molar refractivity (Wildman–Crippen MR) is 73.6 cm³/mol. The van der Waals surface area contributed by atoms with E-state index in [4.69, 9.17) is 4.74 Å². The zero-order chi connectivity index (χ0) is 13.8. The van der Waals surface area contributed by atoms with Crippen LogP contribution in [0, 0.1) is 5.92 Å². The molecule has 1 heterocycles. The van der Waals surface area contributed by atoms with Gasteiger partial charge in [0.2, 0.25) is 0 Å². The molecule has 0 amide bonds. The number of hydrogen-bond acceptors (Lipinski definition) is 3. The molecule has 1 aromatic carbocycles. The van der Waals surface area contributed by atoms with Crippen LogP contribution in [0.15, 0.2) is 24.3 Å². The lowest BCUT2D eigenvalue weighted by Gasteiger charge is -2.16. The van der Waals surface area contributed by atoms with Crippen molar-refractivity contribution in [3.8, 4) is 5.75 Å². The third-order valence-corrected chi connectivity index (χ3v) is 3.76. The van der Waals surface area contributed by atoms with E-state index in [1.54, 1.807) is 0 Å². The van der Waals surface area contributed by atoms with Crippen molar-refractivity contribution < 1.29 is 14.6 Å². The number of carboxylic acid groups (broad SMARTS) is 1. The summed E-state index contributed by atoms with van der Waals surface area (Å²) in [5, 5.41) is 9.37. The van der Waals surface area contributed by atoms with Crippen LogP contribution in [0.2, 0.25) is 0 Å². The maximum absolute atomic E-state index is 11.4. The quantitative estimate of drug-likeness (QED) is 0.885. The number of carbonyl (C=O) groups is 1. The highest BCUT2D eigenvalue weighted by atomic mass is 16.5. The fourth-order valence-electron chi connectivity index (χ4n) is 2.73. The molecule has 0 bridgehead atoms. The van der Waals surface area contributed by atoms with Crippen LogP contribution in [-0.2, 0) is 4.79 Å². The molecule has 1 saturated heterocycles. The van der Waals surface area contributed by atoms with Crippen LogP contribution < -0.4 is 4.74 Å². The van der Waals surface area contributed by atoms with E-state index >= 15 is 0 Å². The average Bonchev–Trinajstić information content (AvgIpc) is 2.84. The Morgan fingerprint density at radius 1 is 1.42 bits per heavy atom. The zero-order valence-electron chi connectivity index (χ0n) is 11.5. The van der Waals surface area contributed by atoms with E-state index < -0.39 is 5.97 Å². The largest absolute Gasteiger partial charge is 0.494 e. The van der Waals surface area contributed by atoms with Crippen molar-refractivity contribution in [2.24, 2.45) is 5.92 Å². The minimum atomic E-state index is -0.706. The van der Waals surface area contributed by atoms with Crippen molar-refractivity contribution >= 4 is 5.97 Å². The molecule has 0 spiro atoms. The summed E-state index contributed by atoms with van der Waals surface area (Å²) in [6.07, 6.45) is 0. The van der Waals surface area contributed by atoms with E-state index in [1.165, 1.54) is 0 Å². The highest BCUT2D eigenvalue weighted by Gasteiger charge is 2.37. The van der Waals surface area contributed by atoms with Crippen LogP contribution in [0.25, 0.3) is 0 Å². The molecule has 1 aromatic rings. The summed E-state index contributed by atoms with van der Waals surface area (Å²) >= 11 is 0. The first-order valence-corrected chi connectivity index (χ1v) is 6.83. The Morgan fingerprint density at radius 3 is 2.84 bits per heavy atom. The second-order valence-electron chi connectivity index (χ2n) is 4.91. The number of aliphatic carboxylic acids is 1. The van der Waals surface area contributed by atoms with Gasteiger partial charge in [0.25, 0.3) is 0 Å². The Hall–Kier alpha value is -1.55. The number of hydrogen-bond donors (Lipinski definition) is 1. The molecular weight excluding hydrogens is 242 g/mol. The molecule has 104 valence electrons. The molecule has 1 aliphatic heterocycles. The van der Waals surface area contributed by atoms with Gasteiger partial charge < -0.3 is 14.7 Å². The molecule has 0 saturated carbocycles. The van der Waals surface area contributed by atoms with Crippen molar-refractivity contribution in [2.45, 2.75) is 19.8 Å². The lowest BCUT2D eigenvalue weighted by molar-refractivity contribution is -0.141. The lowest BCUT2D eigenvalue weighted by atomic mass is 9.89. The second-order valence-corrected chi connectivity index (χ2v) is 4.91. The summed E-state index contributed by atoms with van der Waals surface area (Å²) in [5.41, 5.74) is 1.06. The monoisotopic (exact) mass is 263 g/mol. The third kappa shape index (κ3) is 3.07. The van der Waals surface area contributed by atoms with Gasteiger partial charge in [-0.05, 0) is 31.2 Å². The summed E-state index contributed by atoms with van der Waals surface area (Å²) in [6, 6.07) is 7.83. The highest BCUT2D eigenvalue weighted by molar-refractivity contribution is 5.72. The van der Waals surface area contributed by atoms with E-state index in [1.807, 2.05) is 31.2 Å². The Morgan fingerprint density at radius 2 is 2.21 bits per heavy atom. The maximum Gasteiger partial charge on any atom is 0.308 e. The summed E-state index contributed by atoms with van der Waals surface area (Å²) in [4.78, 5) is 13.6. The summed E-state index contributed by atoms with van der Waals surface area (Å²) in [5.74, 6) is -0.156. The standard InChI is InChI=1S/C15H21NO3/c1-3-16-9-13(14(10-16)15(17)18)11-6-5-7-12(8-11)19-4-2/h5-8,13-14H,3-4,9-10H2,1-2H3,(H,17,18). The molecule has 2 rings (SSSR count). The minimum Gasteiger partial charge on any atom is -0.494 e. The normalized spacial score (nSPS) is 23.5. The summed E-state index contributed by atoms with van der Waals surface area (Å²) < 4.78 is 5.49. The fourth-order valence-corrected chi connectivity index (χ4v) is 2.73. The second kappa shape index (κ2) is 6.06. The van der Waals surface area contributed by atoms with Gasteiger partial charge in [-0.3, -0.25) is 4.79 Å². The van der Waals surface area contributed by atoms with Crippen LogP contribution in [0.5, 0.6) is 5.75 Å². The number of nitrogens with zero attached hydrogens (tertiary/aromatic N) is 1. The number of ether oxygens (including phenoxy) is 1. The van der Waals surface area contributed by atoms with Gasteiger partial charge in [0.05, 0.1) is 12.5 Å². The van der Waals surface area contributed by atoms with Crippen LogP contribution in [0.1, 0.15) is 25.3 Å². The van der Waals surface area contributed by atoms with Gasteiger partial charge in [0.1, 0.15) is 5.75 Å². The Kier molecular flexibility index (Phi) is 4.43. The van der Waals surface area contributed by atoms with E-state index in [2.05, 4.69) is 11.8 Å². The SMILES string of the molecule is CCOc1cccc(C2CN(CC)CC2C(=O)O)c1. The fraction of sp³-hybridized carbons (Fsp3) is 0.533. The number of carboxylic acids is 1. The maximum atomic E-state index is 11.4. The number of rotatable bonds is 5. The molecule has 1 fully saturated rings. The molecule has 4 nitrogen and oxygen atoms in total. The van der Waals surface area contributed by atoms with Gasteiger partial charge in [0.15, 0.2) is 0 Å². The number of likely N-dealkylation sites (N-methyl/N-ethyl adjacent to an activating group) is 1. The van der Waals surface area contributed by atoms with Gasteiger partial charge in [0, 0.05) is 19.0 Å². The van der Waals surface area contributed by atoms with Crippen molar-refractivity contribution in [3.63, 3.8) is 0 Å². The van der Waals surface area contributed by atoms with E-state index in [0.29, 0.717) is 13.2 Å². The number of likely N-dealkylation sites (tertiary alicyclic amines) is 1. The van der Waals surface area contributed by atoms with Crippen LogP contribution in [0.4, 0.5) is 0 Å². The smallest absolute Gasteiger partial charge is 0.308 e. The van der Waals surface area contributed by atoms with E-state index in [9.17, 15) is 9.90 Å². The first kappa shape index (κ1) is 13.9. The van der Waals surface area contributed by atoms with Crippen molar-refractivity contribution in [1.82, 2.24) is 4.90 Å². The van der Waals surface area contributed by atoms with Crippen molar-refractivity contribution in [3.05, 3.63) is 29.8 Å². The molecular formula is C15H21NO3. The molecule has 0 aliphatic carbocycles. The predicted octanol–water partition coefficient (Wildman–Crippen LogP) is 2.21. The Balaban J connectivity index is 2.23. The van der Waals surface area contributed by atoms with Crippen LogP contribution in [-0.4, -0.2) is 42.2 Å². The van der Waals surface area contributed by atoms with Gasteiger partial charge in [-0.1, -0.05) is 19.1 Å². The third-order valence-electron chi connectivity index (χ3n) is 3.76. The highest BCUT2D eigenvalue weighted by Crippen LogP contribution is 2.34. The zero-order valence-corrected chi connectivity index (χ0v) is 11.5. The van der Waals surface area contributed by atoms with Gasteiger partial charge in [-0.25, -0.2) is 0 Å². The van der Waals surface area contributed by atoms with Gasteiger partial charge in [-0.2, -0.15) is 0 Å². The van der Waals surface area contributed by atoms with Crippen molar-refractivity contribution in [2.75, 3.05) is 26.2 Å². The Labute approximate surface area is 114 Å². The molecule has 0 radical (unpaired) electrons. The van der Waals surface area contributed by atoms with Gasteiger partial charge >= 0.3 is 5.97 Å². The molecule has 4 heteroatoms. The molecule has 0 aromatic heterocycles. The van der Waals surface area contributed by atoms with E-state index in [0.717, 1.165) is 24.4 Å². The van der Waals surface area contributed by atoms with Crippen LogP contribution >= 0.6 is 0 Å². The summed E-state index contributed by atoms with van der Waals surface area (Å²) in [6.45, 7) is 6.97. The minimum absolute atomic E-state index is 0.0536. The number of benzene rings is 1. The molecule has 19 heavy (non-hydrogen) atoms. The Bertz CT molecular complexity index is 447. The van der Waals surface area contributed by atoms with E-state index in [-0.39, 0.29) is 11.8 Å². The van der Waals surface area contributed by atoms with Crippen LogP contribution in [0.3, 0.4) is 0 Å². The molecule has 2 atom stereocenters. The van der Waals surface area contributed by atoms with Gasteiger partial charge in [-0.15, -0.1) is 0 Å².